The predicted octanol–water partition coefficient (Wildman–Crippen LogP) is 2.70. The molecule has 1 fully saturated rings. The molecule has 104 valence electrons. The van der Waals surface area contributed by atoms with Crippen molar-refractivity contribution >= 4 is 5.97 Å². The second-order valence-corrected chi connectivity index (χ2v) is 5.33. The minimum absolute atomic E-state index is 0.0821. The van der Waals surface area contributed by atoms with Crippen molar-refractivity contribution in [1.82, 2.24) is 4.90 Å². The lowest BCUT2D eigenvalue weighted by molar-refractivity contribution is -0.145. The summed E-state index contributed by atoms with van der Waals surface area (Å²) in [6, 6.07) is 4.95. The van der Waals surface area contributed by atoms with Crippen molar-refractivity contribution in [3.8, 4) is 5.75 Å². The van der Waals surface area contributed by atoms with E-state index in [0.717, 1.165) is 30.5 Å². The van der Waals surface area contributed by atoms with E-state index >= 15 is 0 Å². The molecule has 0 aromatic heterocycles. The number of aromatic hydroxyl groups is 1. The van der Waals surface area contributed by atoms with Crippen LogP contribution >= 0.6 is 0 Å². The summed E-state index contributed by atoms with van der Waals surface area (Å²) in [5.41, 5.74) is 1.89. The minimum atomic E-state index is -0.765. The van der Waals surface area contributed by atoms with Crippen molar-refractivity contribution in [3.05, 3.63) is 29.3 Å². The molecule has 0 bridgehead atoms. The van der Waals surface area contributed by atoms with Crippen LogP contribution in [-0.4, -0.2) is 33.7 Å². The van der Waals surface area contributed by atoms with Gasteiger partial charge in [-0.15, -0.1) is 0 Å². The van der Waals surface area contributed by atoms with E-state index in [-0.39, 0.29) is 11.8 Å². The summed E-state index contributed by atoms with van der Waals surface area (Å²) in [6.45, 7) is 4.71. The Morgan fingerprint density at radius 3 is 2.84 bits per heavy atom. The molecular weight excluding hydrogens is 242 g/mol. The van der Waals surface area contributed by atoms with Gasteiger partial charge in [-0.1, -0.05) is 24.1 Å². The molecule has 0 spiro atoms. The van der Waals surface area contributed by atoms with Crippen molar-refractivity contribution in [1.29, 1.82) is 0 Å². The zero-order valence-electron chi connectivity index (χ0n) is 11.5. The highest BCUT2D eigenvalue weighted by Crippen LogP contribution is 2.33. The zero-order chi connectivity index (χ0) is 14.0. The molecule has 1 aromatic carbocycles. The van der Waals surface area contributed by atoms with Crippen LogP contribution in [0.15, 0.2) is 18.2 Å². The van der Waals surface area contributed by atoms with E-state index in [1.807, 2.05) is 30.9 Å². The third-order valence-corrected chi connectivity index (χ3v) is 3.96. The van der Waals surface area contributed by atoms with E-state index in [0.29, 0.717) is 6.42 Å². The summed E-state index contributed by atoms with van der Waals surface area (Å²) in [4.78, 5) is 13.3. The molecule has 2 unspecified atom stereocenters. The van der Waals surface area contributed by atoms with E-state index in [9.17, 15) is 15.0 Å². The Bertz CT molecular complexity index is 472. The Morgan fingerprint density at radius 1 is 1.42 bits per heavy atom. The number of phenolic OH excluding ortho intramolecular Hbond substituents is 1. The van der Waals surface area contributed by atoms with Crippen molar-refractivity contribution < 1.29 is 15.0 Å². The number of phenols is 1. The fourth-order valence-electron chi connectivity index (χ4n) is 2.87. The molecule has 0 saturated carbocycles. The smallest absolute Gasteiger partial charge is 0.320 e. The van der Waals surface area contributed by atoms with Crippen LogP contribution in [0.4, 0.5) is 0 Å². The number of benzene rings is 1. The molecule has 0 aliphatic carbocycles. The van der Waals surface area contributed by atoms with Crippen LogP contribution in [0.3, 0.4) is 0 Å². The maximum absolute atomic E-state index is 11.3. The summed E-state index contributed by atoms with van der Waals surface area (Å²) >= 11 is 0. The maximum atomic E-state index is 11.3. The molecule has 0 amide bonds. The van der Waals surface area contributed by atoms with E-state index in [1.165, 1.54) is 0 Å². The molecule has 1 heterocycles. The molecule has 1 aliphatic rings. The van der Waals surface area contributed by atoms with Crippen LogP contribution in [0.2, 0.25) is 0 Å². The molecule has 2 atom stereocenters. The normalized spacial score (nSPS) is 22.1. The van der Waals surface area contributed by atoms with Gasteiger partial charge in [0.1, 0.15) is 11.8 Å². The van der Waals surface area contributed by atoms with E-state index in [2.05, 4.69) is 0 Å². The first-order valence-electron chi connectivity index (χ1n) is 6.78. The van der Waals surface area contributed by atoms with Crippen molar-refractivity contribution in [2.24, 2.45) is 0 Å². The quantitative estimate of drug-likeness (QED) is 0.880. The van der Waals surface area contributed by atoms with Crippen molar-refractivity contribution in [2.75, 3.05) is 6.54 Å². The van der Waals surface area contributed by atoms with Crippen LogP contribution < -0.4 is 0 Å². The number of likely N-dealkylation sites (tertiary alicyclic amines) is 1. The number of aryl methyl sites for hydroxylation is 1. The van der Waals surface area contributed by atoms with E-state index in [1.54, 1.807) is 6.07 Å². The summed E-state index contributed by atoms with van der Waals surface area (Å²) in [5, 5.41) is 19.3. The average Bonchev–Trinajstić information content (AvgIpc) is 2.40. The number of rotatable bonds is 3. The Morgan fingerprint density at radius 2 is 2.16 bits per heavy atom. The first-order valence-corrected chi connectivity index (χ1v) is 6.78. The zero-order valence-corrected chi connectivity index (χ0v) is 11.5. The molecule has 4 heteroatoms. The Balaban J connectivity index is 2.28. The number of carboxylic acid groups (broad SMARTS) is 1. The fraction of sp³-hybridized carbons (Fsp3) is 0.533. The third kappa shape index (κ3) is 2.89. The summed E-state index contributed by atoms with van der Waals surface area (Å²) in [5.74, 6) is -0.522. The standard InChI is InChI=1S/C15H21NO3/c1-10-6-7-14(17)12(9-10)11(2)16-8-4-3-5-13(16)15(18)19/h6-7,9,11,13,17H,3-5,8H2,1-2H3,(H,18,19). The molecule has 0 radical (unpaired) electrons. The van der Waals surface area contributed by atoms with Gasteiger partial charge in [0.15, 0.2) is 0 Å². The highest BCUT2D eigenvalue weighted by molar-refractivity contribution is 5.73. The highest BCUT2D eigenvalue weighted by atomic mass is 16.4. The number of hydrogen-bond donors (Lipinski definition) is 2. The van der Waals surface area contributed by atoms with Gasteiger partial charge in [0.05, 0.1) is 0 Å². The SMILES string of the molecule is Cc1ccc(O)c(C(C)N2CCCCC2C(=O)O)c1. The van der Waals surface area contributed by atoms with Gasteiger partial charge in [-0.2, -0.15) is 0 Å². The van der Waals surface area contributed by atoms with E-state index in [4.69, 9.17) is 0 Å². The first kappa shape index (κ1) is 13.9. The van der Waals surface area contributed by atoms with Crippen molar-refractivity contribution in [2.45, 2.75) is 45.2 Å². The molecule has 2 N–H and O–H groups in total. The average molecular weight is 263 g/mol. The van der Waals surface area contributed by atoms with Gasteiger partial charge in [0.25, 0.3) is 0 Å². The summed E-state index contributed by atoms with van der Waals surface area (Å²) in [7, 11) is 0. The summed E-state index contributed by atoms with van der Waals surface area (Å²) < 4.78 is 0. The topological polar surface area (TPSA) is 60.8 Å². The van der Waals surface area contributed by atoms with E-state index < -0.39 is 12.0 Å². The predicted molar refractivity (Wildman–Crippen MR) is 73.2 cm³/mol. The lowest BCUT2D eigenvalue weighted by Crippen LogP contribution is -2.45. The minimum Gasteiger partial charge on any atom is -0.508 e. The van der Waals surface area contributed by atoms with Gasteiger partial charge < -0.3 is 10.2 Å². The molecular formula is C15H21NO3. The van der Waals surface area contributed by atoms with Gasteiger partial charge in [0, 0.05) is 11.6 Å². The maximum Gasteiger partial charge on any atom is 0.320 e. The first-order chi connectivity index (χ1) is 9.00. The van der Waals surface area contributed by atoms with Gasteiger partial charge in [-0.05, 0) is 39.3 Å². The lowest BCUT2D eigenvalue weighted by atomic mass is 9.96. The number of aliphatic carboxylic acids is 1. The molecule has 19 heavy (non-hydrogen) atoms. The van der Waals surface area contributed by atoms with Crippen LogP contribution in [0, 0.1) is 6.92 Å². The number of carboxylic acids is 1. The van der Waals surface area contributed by atoms with Gasteiger partial charge in [0.2, 0.25) is 0 Å². The molecule has 2 rings (SSSR count). The van der Waals surface area contributed by atoms with Crippen LogP contribution in [0.25, 0.3) is 0 Å². The van der Waals surface area contributed by atoms with Gasteiger partial charge >= 0.3 is 5.97 Å². The largest absolute Gasteiger partial charge is 0.508 e. The second kappa shape index (κ2) is 5.61. The highest BCUT2D eigenvalue weighted by Gasteiger charge is 2.32. The third-order valence-electron chi connectivity index (χ3n) is 3.96. The van der Waals surface area contributed by atoms with Crippen molar-refractivity contribution in [3.63, 3.8) is 0 Å². The Kier molecular flexibility index (Phi) is 4.10. The molecule has 1 aliphatic heterocycles. The fourth-order valence-corrected chi connectivity index (χ4v) is 2.87. The van der Waals surface area contributed by atoms with Gasteiger partial charge in [-0.25, -0.2) is 0 Å². The lowest BCUT2D eigenvalue weighted by Gasteiger charge is -2.37. The monoisotopic (exact) mass is 263 g/mol. The van der Waals surface area contributed by atoms with Crippen LogP contribution in [-0.2, 0) is 4.79 Å². The van der Waals surface area contributed by atoms with Crippen LogP contribution in [0.1, 0.15) is 43.4 Å². The summed E-state index contributed by atoms with van der Waals surface area (Å²) in [6.07, 6.45) is 2.66. The number of nitrogens with zero attached hydrogens (tertiary/aromatic N) is 1. The number of hydrogen-bond acceptors (Lipinski definition) is 3. The number of carbonyl (C=O) groups is 1. The number of piperidine rings is 1. The van der Waals surface area contributed by atoms with Crippen LogP contribution in [0.5, 0.6) is 5.75 Å². The molecule has 1 aromatic rings. The second-order valence-electron chi connectivity index (χ2n) is 5.33. The molecule has 4 nitrogen and oxygen atoms in total. The Labute approximate surface area is 113 Å². The Hall–Kier alpha value is -1.55. The van der Waals surface area contributed by atoms with Gasteiger partial charge in [-0.3, -0.25) is 9.69 Å². The molecule has 1 saturated heterocycles.